The molecule has 1 atom stereocenters. The molecule has 0 aromatic rings. The molecular formula is C13H19N4O3+. The Morgan fingerprint density at radius 2 is 2.00 bits per heavy atom. The van der Waals surface area contributed by atoms with Crippen LogP contribution in [0, 0.1) is 0 Å². The van der Waals surface area contributed by atoms with E-state index in [-0.39, 0.29) is 17.7 Å². The standard InChI is InChI=1S/C13H19N4O3/c1-9(18)6-4-5-7-17-8-14-11-10(17)12(19)16(3)13(20)15(11)2/h8,10H,4-7H2,1-3H3/q+1. The highest BCUT2D eigenvalue weighted by Crippen LogP contribution is 2.17. The van der Waals surface area contributed by atoms with E-state index < -0.39 is 6.04 Å². The van der Waals surface area contributed by atoms with Crippen LogP contribution in [-0.4, -0.2) is 71.0 Å². The van der Waals surface area contributed by atoms with Crippen LogP contribution >= 0.6 is 0 Å². The lowest BCUT2D eigenvalue weighted by molar-refractivity contribution is -0.531. The number of urea groups is 1. The van der Waals surface area contributed by atoms with Gasteiger partial charge in [0.15, 0.2) is 0 Å². The molecule has 2 aliphatic heterocycles. The van der Waals surface area contributed by atoms with Crippen molar-refractivity contribution in [1.29, 1.82) is 0 Å². The van der Waals surface area contributed by atoms with Gasteiger partial charge in [0.25, 0.3) is 24.1 Å². The molecular weight excluding hydrogens is 260 g/mol. The quantitative estimate of drug-likeness (QED) is 0.529. The van der Waals surface area contributed by atoms with Crippen molar-refractivity contribution in [3.63, 3.8) is 0 Å². The SMILES string of the molecule is CC(=O)CCCC[N+]1=CN=C2C1C(=O)N(C)C(=O)N2C. The molecule has 7 heteroatoms. The highest BCUT2D eigenvalue weighted by molar-refractivity contribution is 6.21. The van der Waals surface area contributed by atoms with Gasteiger partial charge in [-0.2, -0.15) is 0 Å². The molecule has 0 aromatic heterocycles. The van der Waals surface area contributed by atoms with Gasteiger partial charge in [0, 0.05) is 20.5 Å². The molecule has 0 N–H and O–H groups in total. The highest BCUT2D eigenvalue weighted by atomic mass is 16.2. The number of aliphatic imine (C=N–C) groups is 1. The Labute approximate surface area is 117 Å². The molecule has 0 bridgehead atoms. The van der Waals surface area contributed by atoms with E-state index in [4.69, 9.17) is 0 Å². The van der Waals surface area contributed by atoms with Gasteiger partial charge >= 0.3 is 6.03 Å². The van der Waals surface area contributed by atoms with E-state index in [0.29, 0.717) is 18.8 Å². The molecule has 7 nitrogen and oxygen atoms in total. The van der Waals surface area contributed by atoms with Gasteiger partial charge in [-0.3, -0.25) is 14.6 Å². The van der Waals surface area contributed by atoms with Crippen molar-refractivity contribution < 1.29 is 19.0 Å². The number of nitrogens with zero attached hydrogens (tertiary/aromatic N) is 4. The zero-order valence-corrected chi connectivity index (χ0v) is 12.0. The van der Waals surface area contributed by atoms with Crippen LogP contribution in [0.4, 0.5) is 4.79 Å². The number of fused-ring (bicyclic) bond motifs is 1. The van der Waals surface area contributed by atoms with E-state index in [2.05, 4.69) is 4.99 Å². The van der Waals surface area contributed by atoms with Crippen molar-refractivity contribution in [3.8, 4) is 0 Å². The second kappa shape index (κ2) is 5.52. The van der Waals surface area contributed by atoms with E-state index in [1.165, 1.54) is 11.9 Å². The predicted molar refractivity (Wildman–Crippen MR) is 72.9 cm³/mol. The Balaban J connectivity index is 2.00. The summed E-state index contributed by atoms with van der Waals surface area (Å²) in [6.45, 7) is 2.22. The van der Waals surface area contributed by atoms with Crippen LogP contribution in [0.2, 0.25) is 0 Å². The first-order valence-corrected chi connectivity index (χ1v) is 6.65. The third-order valence-electron chi connectivity index (χ3n) is 3.59. The molecule has 0 aromatic carbocycles. The van der Waals surface area contributed by atoms with Crippen LogP contribution in [0.1, 0.15) is 26.2 Å². The lowest BCUT2D eigenvalue weighted by Gasteiger charge is -2.30. The van der Waals surface area contributed by atoms with E-state index in [9.17, 15) is 14.4 Å². The molecule has 108 valence electrons. The molecule has 20 heavy (non-hydrogen) atoms. The van der Waals surface area contributed by atoms with Crippen LogP contribution in [-0.2, 0) is 9.59 Å². The van der Waals surface area contributed by atoms with E-state index in [0.717, 1.165) is 17.7 Å². The summed E-state index contributed by atoms with van der Waals surface area (Å²) >= 11 is 0. The van der Waals surface area contributed by atoms with Crippen LogP contribution in [0.5, 0.6) is 0 Å². The van der Waals surface area contributed by atoms with Gasteiger partial charge < -0.3 is 4.79 Å². The number of amidine groups is 1. The Hall–Kier alpha value is -2.05. The first-order chi connectivity index (χ1) is 9.43. The maximum absolute atomic E-state index is 12.2. The number of carbonyl (C=O) groups is 3. The van der Waals surface area contributed by atoms with Crippen LogP contribution in [0.3, 0.4) is 0 Å². The molecule has 0 aliphatic carbocycles. The number of rotatable bonds is 5. The molecule has 1 unspecified atom stereocenters. The van der Waals surface area contributed by atoms with Crippen molar-refractivity contribution in [1.82, 2.24) is 9.80 Å². The number of unbranched alkanes of at least 4 members (excludes halogenated alkanes) is 1. The number of Topliss-reactive ketones (excluding diaryl/α,β-unsaturated/α-hetero) is 1. The Morgan fingerprint density at radius 1 is 1.30 bits per heavy atom. The average molecular weight is 279 g/mol. The fraction of sp³-hybridized carbons (Fsp3) is 0.615. The predicted octanol–water partition coefficient (Wildman–Crippen LogP) is 0.0910. The molecule has 0 spiro atoms. The Bertz CT molecular complexity index is 524. The zero-order valence-electron chi connectivity index (χ0n) is 12.0. The minimum Gasteiger partial charge on any atom is -0.300 e. The number of hydrogen-bond donors (Lipinski definition) is 0. The summed E-state index contributed by atoms with van der Waals surface area (Å²) in [5.74, 6) is 0.392. The van der Waals surface area contributed by atoms with E-state index >= 15 is 0 Å². The summed E-state index contributed by atoms with van der Waals surface area (Å²) in [4.78, 5) is 41.6. The number of likely N-dealkylation sites (N-methyl/N-ethyl adjacent to an activating group) is 2. The van der Waals surface area contributed by atoms with Gasteiger partial charge in [-0.05, 0) is 24.8 Å². The van der Waals surface area contributed by atoms with E-state index in [1.807, 2.05) is 4.58 Å². The lowest BCUT2D eigenvalue weighted by Crippen LogP contribution is -2.61. The second-order valence-corrected chi connectivity index (χ2v) is 5.14. The maximum atomic E-state index is 12.2. The molecule has 1 fully saturated rings. The largest absolute Gasteiger partial charge is 0.333 e. The minimum absolute atomic E-state index is 0.172. The number of imide groups is 1. The summed E-state index contributed by atoms with van der Waals surface area (Å²) in [6, 6.07) is -0.878. The molecule has 2 rings (SSSR count). The molecule has 2 aliphatic rings. The second-order valence-electron chi connectivity index (χ2n) is 5.14. The van der Waals surface area contributed by atoms with Gasteiger partial charge in [-0.1, -0.05) is 0 Å². The highest BCUT2D eigenvalue weighted by Gasteiger charge is 2.50. The van der Waals surface area contributed by atoms with Gasteiger partial charge in [0.1, 0.15) is 5.78 Å². The molecule has 0 saturated carbocycles. The van der Waals surface area contributed by atoms with Crippen LogP contribution in [0.25, 0.3) is 0 Å². The third kappa shape index (κ3) is 2.48. The van der Waals surface area contributed by atoms with Gasteiger partial charge in [-0.25, -0.2) is 9.37 Å². The van der Waals surface area contributed by atoms with Crippen LogP contribution in [0.15, 0.2) is 4.99 Å². The number of amides is 3. The zero-order chi connectivity index (χ0) is 14.9. The minimum atomic E-state index is -0.514. The van der Waals surface area contributed by atoms with Gasteiger partial charge in [-0.15, -0.1) is 0 Å². The first-order valence-electron chi connectivity index (χ1n) is 6.65. The summed E-state index contributed by atoms with van der Waals surface area (Å²) < 4.78 is 1.83. The fourth-order valence-electron chi connectivity index (χ4n) is 2.40. The average Bonchev–Trinajstić information content (AvgIpc) is 2.82. The molecule has 3 amide bonds. The molecule has 0 radical (unpaired) electrons. The van der Waals surface area contributed by atoms with Crippen LogP contribution < -0.4 is 0 Å². The van der Waals surface area contributed by atoms with Crippen molar-refractivity contribution in [2.24, 2.45) is 4.99 Å². The molecule has 1 saturated heterocycles. The fourth-order valence-corrected chi connectivity index (χ4v) is 2.40. The topological polar surface area (TPSA) is 73.1 Å². The molecule has 2 heterocycles. The summed E-state index contributed by atoms with van der Waals surface area (Å²) in [5.41, 5.74) is 0. The lowest BCUT2D eigenvalue weighted by atomic mass is 10.1. The number of ketones is 1. The van der Waals surface area contributed by atoms with Crippen molar-refractivity contribution >= 4 is 29.9 Å². The summed E-state index contributed by atoms with van der Waals surface area (Å²) in [5, 5.41) is 0. The number of hydrogen-bond acceptors (Lipinski definition) is 4. The van der Waals surface area contributed by atoms with Crippen molar-refractivity contribution in [2.75, 3.05) is 20.6 Å². The van der Waals surface area contributed by atoms with E-state index in [1.54, 1.807) is 20.3 Å². The monoisotopic (exact) mass is 279 g/mol. The summed E-state index contributed by atoms with van der Waals surface area (Å²) in [6.07, 6.45) is 3.76. The van der Waals surface area contributed by atoms with Crippen molar-refractivity contribution in [3.05, 3.63) is 0 Å². The third-order valence-corrected chi connectivity index (χ3v) is 3.59. The first kappa shape index (κ1) is 14.4. The van der Waals surface area contributed by atoms with Gasteiger partial charge in [0.2, 0.25) is 0 Å². The Morgan fingerprint density at radius 3 is 2.65 bits per heavy atom. The van der Waals surface area contributed by atoms with Crippen molar-refractivity contribution in [2.45, 2.75) is 32.2 Å². The smallest absolute Gasteiger partial charge is 0.300 e. The number of carbonyl (C=O) groups excluding carboxylic acids is 3. The Kier molecular flexibility index (Phi) is 3.96. The maximum Gasteiger partial charge on any atom is 0.333 e. The van der Waals surface area contributed by atoms with Gasteiger partial charge in [0.05, 0.1) is 6.54 Å². The summed E-state index contributed by atoms with van der Waals surface area (Å²) in [7, 11) is 3.09. The normalized spacial score (nSPS) is 21.9.